The average Bonchev–Trinajstić information content (AvgIpc) is 4.37. The molecule has 0 radical (unpaired) electrons. The third-order valence-electron chi connectivity index (χ3n) is 14.6. The van der Waals surface area contributed by atoms with Gasteiger partial charge in [-0.1, -0.05) is 94.0 Å². The lowest BCUT2D eigenvalue weighted by Gasteiger charge is -2.25. The van der Waals surface area contributed by atoms with Crippen molar-refractivity contribution in [1.82, 2.24) is 24.4 Å². The number of aromatic carboxylic acids is 1. The van der Waals surface area contributed by atoms with Gasteiger partial charge in [-0.15, -0.1) is 0 Å². The van der Waals surface area contributed by atoms with Crippen molar-refractivity contribution in [2.75, 3.05) is 7.11 Å². The van der Waals surface area contributed by atoms with Gasteiger partial charge >= 0.3 is 23.9 Å². The monoisotopic (exact) mass is 1060 g/mol. The number of imidazole rings is 2. The third kappa shape index (κ3) is 14.1. The van der Waals surface area contributed by atoms with Crippen LogP contribution in [0.15, 0.2) is 131 Å². The number of amides is 1. The molecule has 0 unspecified atom stereocenters. The van der Waals surface area contributed by atoms with Crippen LogP contribution in [-0.2, 0) is 49.6 Å². The predicted molar refractivity (Wildman–Crippen MR) is 292 cm³/mol. The van der Waals surface area contributed by atoms with Crippen LogP contribution in [0, 0.1) is 5.92 Å². The van der Waals surface area contributed by atoms with E-state index in [1.807, 2.05) is 55.5 Å². The second-order valence-corrected chi connectivity index (χ2v) is 20.2. The Morgan fingerprint density at radius 2 is 1.08 bits per heavy atom. The number of Topliss-reactive ketones (excluding diaryl/α,β-unsaturated/α-hetero) is 1. The Morgan fingerprint density at radius 3 is 1.51 bits per heavy atom. The number of carboxylic acids is 3. The first kappa shape index (κ1) is 55.6. The van der Waals surface area contributed by atoms with Crippen molar-refractivity contribution in [2.24, 2.45) is 5.92 Å². The van der Waals surface area contributed by atoms with Crippen molar-refractivity contribution in [3.05, 3.63) is 155 Å². The summed E-state index contributed by atoms with van der Waals surface area (Å²) in [6.07, 6.45) is 19.3. The van der Waals surface area contributed by atoms with Crippen LogP contribution in [0.3, 0.4) is 0 Å². The normalized spacial score (nSPS) is 14.6. The number of ketones is 1. The summed E-state index contributed by atoms with van der Waals surface area (Å²) in [7, 11) is 1.38. The quantitative estimate of drug-likeness (QED) is 0.0620. The lowest BCUT2D eigenvalue weighted by Crippen LogP contribution is -2.42. The minimum atomic E-state index is -1.15. The zero-order valence-electron chi connectivity index (χ0n) is 44.1. The van der Waals surface area contributed by atoms with Gasteiger partial charge in [0.05, 0.1) is 71.2 Å². The molecule has 406 valence electrons. The van der Waals surface area contributed by atoms with Crippen LogP contribution < -0.4 is 5.32 Å². The second-order valence-electron chi connectivity index (χ2n) is 20.2. The minimum Gasteiger partial charge on any atom is -0.481 e. The number of benzene rings is 4. The molecule has 4 aromatic carbocycles. The van der Waals surface area contributed by atoms with Gasteiger partial charge in [0.25, 0.3) is 5.91 Å². The highest BCUT2D eigenvalue weighted by Crippen LogP contribution is 2.38. The number of carbonyl (C=O) groups excluding carboxylic acids is 3. The van der Waals surface area contributed by atoms with Crippen molar-refractivity contribution in [3.63, 3.8) is 0 Å². The smallest absolute Gasteiger partial charge is 0.335 e. The molecule has 17 heteroatoms. The molecule has 8 aromatic rings. The molecule has 2 atom stereocenters. The summed E-state index contributed by atoms with van der Waals surface area (Å²) in [5.74, 6) is -1.86. The molecule has 4 heterocycles. The molecule has 0 saturated heterocycles. The van der Waals surface area contributed by atoms with Crippen molar-refractivity contribution in [3.8, 4) is 22.8 Å². The maximum Gasteiger partial charge on any atom is 0.335 e. The average molecular weight is 1060 g/mol. The molecule has 4 aromatic heterocycles. The van der Waals surface area contributed by atoms with Gasteiger partial charge in [0, 0.05) is 30.0 Å². The highest BCUT2D eigenvalue weighted by molar-refractivity contribution is 6.00. The standard InChI is InChI=1S/C29H29N3O6.C18H18N2O3.C14H18O3/c33-26(34)15-19-8-6-18(7-9-19)14-24(29(36)37)31-28(35)20-10-11-25-23(16-20)30-27(21-12-13-38-17-21)32(25)22-4-2-1-3-5-22;21-18(22)12-6-7-16-15(10-12)19-17(13-8-9-23-11-13)20(16)14-4-2-1-3-5-14;1-10(11(2)15)8-12-4-6-13(7-5-12)9-14(16)17-3/h6-13,16-17,22,24H,1-5,14-15H2,(H,31,35)(H,33,34)(H,36,37);6-11,14H,1-5H2,(H,21,22);4-7,10H,8-9H2,1-3H3/t24-;;10-/m0.0/s1. The molecule has 78 heavy (non-hydrogen) atoms. The lowest BCUT2D eigenvalue weighted by molar-refractivity contribution is -0.140. The van der Waals surface area contributed by atoms with E-state index in [1.165, 1.54) is 32.8 Å². The van der Waals surface area contributed by atoms with Crippen LogP contribution in [0.4, 0.5) is 0 Å². The van der Waals surface area contributed by atoms with E-state index in [9.17, 15) is 39.0 Å². The van der Waals surface area contributed by atoms with E-state index in [2.05, 4.69) is 19.2 Å². The largest absolute Gasteiger partial charge is 0.481 e. The Labute approximate surface area is 451 Å². The molecule has 0 spiro atoms. The third-order valence-corrected chi connectivity index (χ3v) is 14.6. The number of methoxy groups -OCH3 is 1. The lowest BCUT2D eigenvalue weighted by atomic mass is 9.95. The highest BCUT2D eigenvalue weighted by atomic mass is 16.5. The van der Waals surface area contributed by atoms with Crippen LogP contribution >= 0.6 is 0 Å². The summed E-state index contributed by atoms with van der Waals surface area (Å²) < 4.78 is 19.6. The van der Waals surface area contributed by atoms with Gasteiger partial charge in [-0.3, -0.25) is 19.2 Å². The number of hydrogen-bond donors (Lipinski definition) is 4. The van der Waals surface area contributed by atoms with Crippen molar-refractivity contribution in [1.29, 1.82) is 0 Å². The van der Waals surface area contributed by atoms with Gasteiger partial charge in [0.2, 0.25) is 0 Å². The zero-order valence-corrected chi connectivity index (χ0v) is 44.1. The molecule has 0 aliphatic heterocycles. The zero-order chi connectivity index (χ0) is 55.3. The van der Waals surface area contributed by atoms with Gasteiger partial charge < -0.3 is 43.3 Å². The molecular formula is C61H65N5O12. The number of nitrogens with one attached hydrogen (secondary N) is 1. The summed E-state index contributed by atoms with van der Waals surface area (Å²) >= 11 is 0. The van der Waals surface area contributed by atoms with E-state index in [4.69, 9.17) is 23.9 Å². The summed E-state index contributed by atoms with van der Waals surface area (Å²) in [5, 5.41) is 30.5. The summed E-state index contributed by atoms with van der Waals surface area (Å²) in [4.78, 5) is 78.9. The molecule has 1 amide bonds. The first-order valence-corrected chi connectivity index (χ1v) is 26.5. The maximum atomic E-state index is 13.1. The Hall–Kier alpha value is -8.60. The van der Waals surface area contributed by atoms with Crippen molar-refractivity contribution in [2.45, 2.75) is 122 Å². The first-order valence-electron chi connectivity index (χ1n) is 26.5. The summed E-state index contributed by atoms with van der Waals surface area (Å²) in [6, 6.07) is 28.2. The maximum absolute atomic E-state index is 13.1. The number of fused-ring (bicyclic) bond motifs is 2. The molecule has 0 bridgehead atoms. The van der Waals surface area contributed by atoms with Crippen LogP contribution in [-0.4, -0.2) is 83.1 Å². The van der Waals surface area contributed by atoms with E-state index in [0.29, 0.717) is 40.7 Å². The summed E-state index contributed by atoms with van der Waals surface area (Å²) in [5.41, 5.74) is 9.06. The number of carbonyl (C=O) groups is 6. The number of esters is 1. The molecule has 2 aliphatic rings. The van der Waals surface area contributed by atoms with E-state index in [1.54, 1.807) is 80.5 Å². The number of rotatable bonds is 17. The Morgan fingerprint density at radius 1 is 0.615 bits per heavy atom. The van der Waals surface area contributed by atoms with Crippen LogP contribution in [0.1, 0.15) is 133 Å². The van der Waals surface area contributed by atoms with Crippen molar-refractivity contribution >= 4 is 57.6 Å². The Bertz CT molecular complexity index is 3340. The van der Waals surface area contributed by atoms with Gasteiger partial charge in [0.15, 0.2) is 0 Å². The van der Waals surface area contributed by atoms with E-state index >= 15 is 0 Å². The topological polar surface area (TPSA) is 246 Å². The molecule has 10 rings (SSSR count). The van der Waals surface area contributed by atoms with E-state index in [0.717, 1.165) is 95.4 Å². The molecule has 2 aliphatic carbocycles. The van der Waals surface area contributed by atoms with Crippen LogP contribution in [0.5, 0.6) is 0 Å². The number of ether oxygens (including phenoxy) is 1. The number of furan rings is 2. The summed E-state index contributed by atoms with van der Waals surface area (Å²) in [6.45, 7) is 3.53. The highest BCUT2D eigenvalue weighted by Gasteiger charge is 2.27. The number of aromatic nitrogens is 4. The Kier molecular flexibility index (Phi) is 18.5. The van der Waals surface area contributed by atoms with Gasteiger partial charge in [0.1, 0.15) is 36.0 Å². The SMILES string of the molecule is COC(=O)Cc1ccc(C[C@H](C)C(C)=O)cc1.O=C(O)Cc1ccc(C[C@H](NC(=O)c2ccc3c(c2)nc(-c2ccoc2)n3C2CCCCC2)C(=O)O)cc1.O=C(O)c1ccc2c(c1)nc(-c1ccoc1)n2C1CCCCC1. The fourth-order valence-corrected chi connectivity index (χ4v) is 10.3. The van der Waals surface area contributed by atoms with Crippen LogP contribution in [0.2, 0.25) is 0 Å². The second kappa shape index (κ2) is 26.0. The predicted octanol–water partition coefficient (Wildman–Crippen LogP) is 11.5. The van der Waals surface area contributed by atoms with Gasteiger partial charge in [-0.2, -0.15) is 0 Å². The minimum absolute atomic E-state index is 0.0430. The number of hydrogen-bond acceptors (Lipinski definition) is 11. The Balaban J connectivity index is 0.000000170. The van der Waals surface area contributed by atoms with Crippen molar-refractivity contribution < 1.29 is 57.7 Å². The van der Waals surface area contributed by atoms with E-state index in [-0.39, 0.29) is 36.1 Å². The number of aliphatic carboxylic acids is 2. The van der Waals surface area contributed by atoms with E-state index < -0.39 is 29.9 Å². The molecule has 17 nitrogen and oxygen atoms in total. The number of nitrogens with zero attached hydrogens (tertiary/aromatic N) is 4. The molecule has 4 N–H and O–H groups in total. The number of carboxylic acid groups (broad SMARTS) is 3. The molecule has 2 fully saturated rings. The fraction of sp³-hybridized carbons (Fsp3) is 0.344. The van der Waals surface area contributed by atoms with Gasteiger partial charge in [-0.25, -0.2) is 19.6 Å². The fourth-order valence-electron chi connectivity index (χ4n) is 10.3. The molecular weight excluding hydrogens is 995 g/mol. The van der Waals surface area contributed by atoms with Crippen LogP contribution in [0.25, 0.3) is 44.8 Å². The van der Waals surface area contributed by atoms with Gasteiger partial charge in [-0.05, 0) is 110 Å². The first-order chi connectivity index (χ1) is 37.6. The molecule has 2 saturated carbocycles.